The second-order valence-corrected chi connectivity index (χ2v) is 5.22. The highest BCUT2D eigenvalue weighted by molar-refractivity contribution is 5.73. The minimum Gasteiger partial charge on any atom is -0.338 e. The summed E-state index contributed by atoms with van der Waals surface area (Å²) >= 11 is 0. The second kappa shape index (κ2) is 5.66. The molecule has 0 saturated heterocycles. The highest BCUT2D eigenvalue weighted by Gasteiger charge is 2.11. The Morgan fingerprint density at radius 2 is 1.76 bits per heavy atom. The number of halogens is 1. The van der Waals surface area contributed by atoms with E-state index in [0.29, 0.717) is 13.1 Å². The molecule has 3 nitrogen and oxygen atoms in total. The van der Waals surface area contributed by atoms with Crippen molar-refractivity contribution in [3.8, 4) is 0 Å². The van der Waals surface area contributed by atoms with Crippen molar-refractivity contribution in [1.29, 1.82) is 0 Å². The molecule has 0 aliphatic carbocycles. The average molecular weight is 238 g/mol. The summed E-state index contributed by atoms with van der Waals surface area (Å²) in [6.07, 6.45) is 0. The molecule has 0 atom stereocenters. The van der Waals surface area contributed by atoms with Crippen molar-refractivity contribution in [3.63, 3.8) is 0 Å². The van der Waals surface area contributed by atoms with Crippen LogP contribution in [0.5, 0.6) is 0 Å². The molecule has 0 fully saturated rings. The maximum absolute atomic E-state index is 12.6. The highest BCUT2D eigenvalue weighted by Crippen LogP contribution is 2.09. The molecule has 2 amide bonds. The smallest absolute Gasteiger partial charge is 0.315 e. The fourth-order valence-corrected chi connectivity index (χ4v) is 1.19. The first-order chi connectivity index (χ1) is 7.87. The van der Waals surface area contributed by atoms with Crippen molar-refractivity contribution in [2.45, 2.75) is 27.3 Å². The normalized spacial score (nSPS) is 11.1. The van der Waals surface area contributed by atoms with Gasteiger partial charge in [0.15, 0.2) is 0 Å². The van der Waals surface area contributed by atoms with Crippen LogP contribution in [-0.2, 0) is 6.54 Å². The lowest BCUT2D eigenvalue weighted by Gasteiger charge is -2.18. The number of benzene rings is 1. The SMILES string of the molecule is CC(C)(C)CNC(=O)NCc1ccc(F)cc1. The summed E-state index contributed by atoms with van der Waals surface area (Å²) in [4.78, 5) is 11.4. The van der Waals surface area contributed by atoms with E-state index >= 15 is 0 Å². The predicted molar refractivity (Wildman–Crippen MR) is 66.1 cm³/mol. The third-order valence-electron chi connectivity index (χ3n) is 2.15. The van der Waals surface area contributed by atoms with E-state index in [1.54, 1.807) is 12.1 Å². The summed E-state index contributed by atoms with van der Waals surface area (Å²) in [7, 11) is 0. The van der Waals surface area contributed by atoms with Crippen molar-refractivity contribution in [3.05, 3.63) is 35.6 Å². The van der Waals surface area contributed by atoms with Gasteiger partial charge < -0.3 is 10.6 Å². The van der Waals surface area contributed by atoms with Crippen LogP contribution in [0, 0.1) is 11.2 Å². The van der Waals surface area contributed by atoms with E-state index in [-0.39, 0.29) is 17.3 Å². The molecule has 0 unspecified atom stereocenters. The van der Waals surface area contributed by atoms with Gasteiger partial charge in [0.1, 0.15) is 5.82 Å². The molecular formula is C13H19FN2O. The minimum absolute atomic E-state index is 0.0627. The van der Waals surface area contributed by atoms with Gasteiger partial charge in [-0.2, -0.15) is 0 Å². The monoisotopic (exact) mass is 238 g/mol. The number of rotatable bonds is 3. The van der Waals surface area contributed by atoms with Crippen molar-refractivity contribution < 1.29 is 9.18 Å². The third-order valence-corrected chi connectivity index (χ3v) is 2.15. The zero-order chi connectivity index (χ0) is 12.9. The molecular weight excluding hydrogens is 219 g/mol. The molecule has 1 aromatic rings. The topological polar surface area (TPSA) is 41.1 Å². The summed E-state index contributed by atoms with van der Waals surface area (Å²) in [5.41, 5.74) is 0.935. The Bertz CT molecular complexity index is 368. The van der Waals surface area contributed by atoms with Gasteiger partial charge in [-0.05, 0) is 23.1 Å². The zero-order valence-electron chi connectivity index (χ0n) is 10.5. The molecule has 0 radical (unpaired) electrons. The van der Waals surface area contributed by atoms with Gasteiger partial charge in [0.05, 0.1) is 0 Å². The lowest BCUT2D eigenvalue weighted by atomic mass is 9.97. The van der Waals surface area contributed by atoms with Gasteiger partial charge in [0, 0.05) is 13.1 Å². The molecule has 1 aromatic carbocycles. The van der Waals surface area contributed by atoms with Crippen LogP contribution in [-0.4, -0.2) is 12.6 Å². The van der Waals surface area contributed by atoms with Gasteiger partial charge in [-0.15, -0.1) is 0 Å². The van der Waals surface area contributed by atoms with Crippen LogP contribution < -0.4 is 10.6 Å². The van der Waals surface area contributed by atoms with Gasteiger partial charge in [0.2, 0.25) is 0 Å². The molecule has 2 N–H and O–H groups in total. The molecule has 0 bridgehead atoms. The Morgan fingerprint density at radius 3 is 2.29 bits per heavy atom. The fraction of sp³-hybridized carbons (Fsp3) is 0.462. The standard InChI is InChI=1S/C13H19FN2O/c1-13(2,3)9-16-12(17)15-8-10-4-6-11(14)7-5-10/h4-7H,8-9H2,1-3H3,(H2,15,16,17). The van der Waals surface area contributed by atoms with E-state index in [1.807, 2.05) is 20.8 Å². The Morgan fingerprint density at radius 1 is 1.18 bits per heavy atom. The van der Waals surface area contributed by atoms with Crippen molar-refractivity contribution >= 4 is 6.03 Å². The summed E-state index contributed by atoms with van der Waals surface area (Å²) < 4.78 is 12.6. The number of carbonyl (C=O) groups excluding carboxylic acids is 1. The minimum atomic E-state index is -0.272. The van der Waals surface area contributed by atoms with Crippen LogP contribution in [0.3, 0.4) is 0 Å². The molecule has 0 spiro atoms. The van der Waals surface area contributed by atoms with Crippen LogP contribution in [0.25, 0.3) is 0 Å². The maximum Gasteiger partial charge on any atom is 0.315 e. The molecule has 1 rings (SSSR count). The molecule has 4 heteroatoms. The Labute approximate surface area is 101 Å². The number of nitrogens with one attached hydrogen (secondary N) is 2. The Hall–Kier alpha value is -1.58. The first-order valence-electron chi connectivity index (χ1n) is 5.63. The van der Waals surface area contributed by atoms with Crippen LogP contribution >= 0.6 is 0 Å². The average Bonchev–Trinajstić information content (AvgIpc) is 2.25. The number of amides is 2. The van der Waals surface area contributed by atoms with E-state index in [4.69, 9.17) is 0 Å². The predicted octanol–water partition coefficient (Wildman–Crippen LogP) is 2.67. The second-order valence-electron chi connectivity index (χ2n) is 5.22. The summed E-state index contributed by atoms with van der Waals surface area (Å²) in [5, 5.41) is 5.50. The molecule has 0 aromatic heterocycles. The number of carbonyl (C=O) groups is 1. The molecule has 0 aliphatic heterocycles. The fourth-order valence-electron chi connectivity index (χ4n) is 1.19. The zero-order valence-corrected chi connectivity index (χ0v) is 10.5. The van der Waals surface area contributed by atoms with E-state index in [9.17, 15) is 9.18 Å². The third kappa shape index (κ3) is 5.90. The molecule has 0 aliphatic rings. The van der Waals surface area contributed by atoms with Gasteiger partial charge >= 0.3 is 6.03 Å². The van der Waals surface area contributed by atoms with Crippen LogP contribution in [0.4, 0.5) is 9.18 Å². The molecule has 0 heterocycles. The van der Waals surface area contributed by atoms with Crippen LogP contribution in [0.1, 0.15) is 26.3 Å². The highest BCUT2D eigenvalue weighted by atomic mass is 19.1. The van der Waals surface area contributed by atoms with Gasteiger partial charge in [-0.25, -0.2) is 9.18 Å². The van der Waals surface area contributed by atoms with Gasteiger partial charge in [-0.3, -0.25) is 0 Å². The van der Waals surface area contributed by atoms with E-state index < -0.39 is 0 Å². The van der Waals surface area contributed by atoms with Crippen LogP contribution in [0.2, 0.25) is 0 Å². The van der Waals surface area contributed by atoms with E-state index in [2.05, 4.69) is 10.6 Å². The Balaban J connectivity index is 2.31. The van der Waals surface area contributed by atoms with E-state index in [0.717, 1.165) is 5.56 Å². The molecule has 0 saturated carbocycles. The molecule has 17 heavy (non-hydrogen) atoms. The largest absolute Gasteiger partial charge is 0.338 e. The van der Waals surface area contributed by atoms with Crippen molar-refractivity contribution in [1.82, 2.24) is 10.6 Å². The number of urea groups is 1. The summed E-state index contributed by atoms with van der Waals surface area (Å²) in [5.74, 6) is -0.272. The number of hydrogen-bond donors (Lipinski definition) is 2. The first-order valence-corrected chi connectivity index (χ1v) is 5.63. The lowest BCUT2D eigenvalue weighted by molar-refractivity contribution is 0.235. The van der Waals surface area contributed by atoms with Crippen molar-refractivity contribution in [2.75, 3.05) is 6.54 Å². The summed E-state index contributed by atoms with van der Waals surface area (Å²) in [6, 6.07) is 5.86. The summed E-state index contributed by atoms with van der Waals surface area (Å²) in [6.45, 7) is 7.16. The van der Waals surface area contributed by atoms with Crippen LogP contribution in [0.15, 0.2) is 24.3 Å². The lowest BCUT2D eigenvalue weighted by Crippen LogP contribution is -2.39. The maximum atomic E-state index is 12.6. The van der Waals surface area contributed by atoms with Crippen molar-refractivity contribution in [2.24, 2.45) is 5.41 Å². The number of hydrogen-bond acceptors (Lipinski definition) is 1. The van der Waals surface area contributed by atoms with Gasteiger partial charge in [0.25, 0.3) is 0 Å². The van der Waals surface area contributed by atoms with Gasteiger partial charge in [-0.1, -0.05) is 32.9 Å². The Kier molecular flexibility index (Phi) is 4.49. The molecule has 94 valence electrons. The van der Waals surface area contributed by atoms with E-state index in [1.165, 1.54) is 12.1 Å². The first kappa shape index (κ1) is 13.5. The quantitative estimate of drug-likeness (QED) is 0.835.